The first kappa shape index (κ1) is 26.0. The van der Waals surface area contributed by atoms with E-state index in [0.717, 1.165) is 36.8 Å². The van der Waals surface area contributed by atoms with E-state index in [4.69, 9.17) is 15.2 Å². The molecule has 0 atom stereocenters. The van der Waals surface area contributed by atoms with Gasteiger partial charge in [-0.05, 0) is 54.7 Å². The smallest absolute Gasteiger partial charge is 0.242 e. The van der Waals surface area contributed by atoms with Crippen molar-refractivity contribution >= 4 is 30.7 Å². The molecule has 0 spiro atoms. The number of carbonyl (C=O) groups excluding carboxylic acids is 1. The molecular formula is C22H31Cl2N3O3. The summed E-state index contributed by atoms with van der Waals surface area (Å²) in [7, 11) is 3.24. The number of halogens is 2. The second-order valence-electron chi connectivity index (χ2n) is 7.38. The zero-order valence-corrected chi connectivity index (χ0v) is 19.1. The normalized spacial score (nSPS) is 14.2. The number of pyridine rings is 1. The average Bonchev–Trinajstić information content (AvgIpc) is 3.18. The first-order valence-corrected chi connectivity index (χ1v) is 9.74. The van der Waals surface area contributed by atoms with Crippen LogP contribution in [0.4, 0.5) is 0 Å². The Morgan fingerprint density at radius 1 is 1.03 bits per heavy atom. The molecule has 1 heterocycles. The van der Waals surface area contributed by atoms with Crippen molar-refractivity contribution in [3.05, 3.63) is 53.9 Å². The van der Waals surface area contributed by atoms with Crippen LogP contribution in [0, 0.1) is 0 Å². The van der Waals surface area contributed by atoms with E-state index < -0.39 is 5.54 Å². The second kappa shape index (κ2) is 12.0. The molecule has 0 bridgehead atoms. The minimum Gasteiger partial charge on any atom is -0.493 e. The number of methoxy groups -OCH3 is 2. The summed E-state index contributed by atoms with van der Waals surface area (Å²) in [5.41, 5.74) is 7.88. The highest BCUT2D eigenvalue weighted by atomic mass is 35.5. The molecule has 0 aliphatic heterocycles. The highest BCUT2D eigenvalue weighted by Gasteiger charge is 2.39. The zero-order chi connectivity index (χ0) is 20.0. The van der Waals surface area contributed by atoms with E-state index in [1.165, 1.54) is 0 Å². The molecule has 1 amide bonds. The summed E-state index contributed by atoms with van der Waals surface area (Å²) in [4.78, 5) is 19.2. The largest absolute Gasteiger partial charge is 0.493 e. The lowest BCUT2D eigenvalue weighted by Crippen LogP contribution is -2.53. The van der Waals surface area contributed by atoms with Crippen LogP contribution in [-0.4, -0.2) is 42.1 Å². The van der Waals surface area contributed by atoms with E-state index >= 15 is 0 Å². The lowest BCUT2D eigenvalue weighted by atomic mass is 9.96. The molecule has 1 aliphatic carbocycles. The molecule has 1 saturated carbocycles. The van der Waals surface area contributed by atoms with Crippen LogP contribution in [0.2, 0.25) is 0 Å². The predicted octanol–water partition coefficient (Wildman–Crippen LogP) is 3.79. The highest BCUT2D eigenvalue weighted by Crippen LogP contribution is 2.30. The van der Waals surface area contributed by atoms with Gasteiger partial charge in [-0.1, -0.05) is 18.9 Å². The van der Waals surface area contributed by atoms with Crippen molar-refractivity contribution in [1.82, 2.24) is 9.88 Å². The van der Waals surface area contributed by atoms with Gasteiger partial charge in [0.2, 0.25) is 5.91 Å². The van der Waals surface area contributed by atoms with Crippen molar-refractivity contribution in [1.29, 1.82) is 0 Å². The number of ether oxygens (including phenoxy) is 2. The Kier molecular flexibility index (Phi) is 10.4. The third kappa shape index (κ3) is 6.24. The van der Waals surface area contributed by atoms with E-state index in [2.05, 4.69) is 4.98 Å². The molecular weight excluding hydrogens is 425 g/mol. The maximum absolute atomic E-state index is 13.3. The number of rotatable bonds is 8. The molecule has 1 aromatic carbocycles. The number of carbonyl (C=O) groups is 1. The highest BCUT2D eigenvalue weighted by molar-refractivity contribution is 5.86. The van der Waals surface area contributed by atoms with Crippen LogP contribution in [0.3, 0.4) is 0 Å². The van der Waals surface area contributed by atoms with Crippen LogP contribution in [0.15, 0.2) is 42.7 Å². The molecule has 1 aliphatic rings. The van der Waals surface area contributed by atoms with Crippen molar-refractivity contribution in [3.8, 4) is 11.5 Å². The molecule has 0 unspecified atom stereocenters. The lowest BCUT2D eigenvalue weighted by molar-refractivity contribution is -0.137. The van der Waals surface area contributed by atoms with Crippen LogP contribution in [-0.2, 0) is 17.8 Å². The Bertz CT molecular complexity index is 799. The minimum absolute atomic E-state index is 0. The van der Waals surface area contributed by atoms with Crippen LogP contribution < -0.4 is 15.2 Å². The van der Waals surface area contributed by atoms with Gasteiger partial charge in [-0.2, -0.15) is 0 Å². The van der Waals surface area contributed by atoms with Crippen LogP contribution in [0.5, 0.6) is 11.5 Å². The molecule has 166 valence electrons. The molecule has 0 saturated heterocycles. The van der Waals surface area contributed by atoms with Gasteiger partial charge in [0.1, 0.15) is 0 Å². The SMILES string of the molecule is COc1ccc(CCN(Cc2ccncc2)C(=O)C2(N)CCCC2)cc1OC.Cl.Cl. The average molecular weight is 456 g/mol. The molecule has 3 rings (SSSR count). The topological polar surface area (TPSA) is 77.7 Å². The summed E-state index contributed by atoms with van der Waals surface area (Å²) in [6, 6.07) is 9.74. The van der Waals surface area contributed by atoms with Gasteiger partial charge in [0.05, 0.1) is 19.8 Å². The zero-order valence-electron chi connectivity index (χ0n) is 17.5. The quantitative estimate of drug-likeness (QED) is 0.654. The fourth-order valence-corrected chi connectivity index (χ4v) is 3.80. The fraction of sp³-hybridized carbons (Fsp3) is 0.455. The van der Waals surface area contributed by atoms with Gasteiger partial charge in [0.15, 0.2) is 11.5 Å². The van der Waals surface area contributed by atoms with Gasteiger partial charge in [0, 0.05) is 25.5 Å². The van der Waals surface area contributed by atoms with Crippen molar-refractivity contribution < 1.29 is 14.3 Å². The number of hydrogen-bond acceptors (Lipinski definition) is 5. The van der Waals surface area contributed by atoms with Crippen LogP contribution in [0.25, 0.3) is 0 Å². The Balaban J connectivity index is 0.00000225. The van der Waals surface area contributed by atoms with Gasteiger partial charge in [-0.3, -0.25) is 9.78 Å². The minimum atomic E-state index is -0.732. The first-order chi connectivity index (χ1) is 13.6. The predicted molar refractivity (Wildman–Crippen MR) is 123 cm³/mol. The molecule has 30 heavy (non-hydrogen) atoms. The molecule has 2 N–H and O–H groups in total. The van der Waals surface area contributed by atoms with E-state index in [0.29, 0.717) is 31.0 Å². The number of nitrogens with two attached hydrogens (primary N) is 1. The van der Waals surface area contributed by atoms with Crippen molar-refractivity contribution in [2.75, 3.05) is 20.8 Å². The molecule has 0 radical (unpaired) electrons. The van der Waals surface area contributed by atoms with E-state index in [9.17, 15) is 4.79 Å². The molecule has 1 aromatic heterocycles. The maximum Gasteiger partial charge on any atom is 0.242 e. The number of benzene rings is 1. The Morgan fingerprint density at radius 2 is 1.67 bits per heavy atom. The lowest BCUT2D eigenvalue weighted by Gasteiger charge is -2.32. The molecule has 1 fully saturated rings. The summed E-state index contributed by atoms with van der Waals surface area (Å²) in [6.07, 6.45) is 7.76. The number of hydrogen-bond donors (Lipinski definition) is 1. The first-order valence-electron chi connectivity index (χ1n) is 9.74. The van der Waals surface area contributed by atoms with Gasteiger partial charge < -0.3 is 20.1 Å². The van der Waals surface area contributed by atoms with E-state index in [1.54, 1.807) is 26.6 Å². The van der Waals surface area contributed by atoms with Crippen molar-refractivity contribution in [2.45, 2.75) is 44.2 Å². The van der Waals surface area contributed by atoms with E-state index in [1.807, 2.05) is 35.2 Å². The molecule has 6 nitrogen and oxygen atoms in total. The Hall–Kier alpha value is -2.02. The summed E-state index contributed by atoms with van der Waals surface area (Å²) in [5, 5.41) is 0. The maximum atomic E-state index is 13.3. The van der Waals surface area contributed by atoms with Gasteiger partial charge in [-0.25, -0.2) is 0 Å². The number of aromatic nitrogens is 1. The van der Waals surface area contributed by atoms with Gasteiger partial charge in [-0.15, -0.1) is 24.8 Å². The standard InChI is InChI=1S/C22H29N3O3.2ClH/c1-27-19-6-5-17(15-20(19)28-2)9-14-25(16-18-7-12-24-13-8-18)21(26)22(23)10-3-4-11-22;;/h5-8,12-13,15H,3-4,9-11,14,16,23H2,1-2H3;2*1H. The molecule has 8 heteroatoms. The van der Waals surface area contributed by atoms with Gasteiger partial charge >= 0.3 is 0 Å². The summed E-state index contributed by atoms with van der Waals surface area (Å²) in [5.74, 6) is 1.43. The summed E-state index contributed by atoms with van der Waals surface area (Å²) in [6.45, 7) is 1.13. The number of nitrogens with zero attached hydrogens (tertiary/aromatic N) is 2. The van der Waals surface area contributed by atoms with Crippen LogP contribution >= 0.6 is 24.8 Å². The Labute approximate surface area is 191 Å². The second-order valence-corrected chi connectivity index (χ2v) is 7.38. The van der Waals surface area contributed by atoms with Crippen LogP contribution in [0.1, 0.15) is 36.8 Å². The van der Waals surface area contributed by atoms with Crippen molar-refractivity contribution in [3.63, 3.8) is 0 Å². The Morgan fingerprint density at radius 3 is 2.27 bits per heavy atom. The molecule has 2 aromatic rings. The van der Waals surface area contributed by atoms with Gasteiger partial charge in [0.25, 0.3) is 0 Å². The third-order valence-corrected chi connectivity index (χ3v) is 5.45. The van der Waals surface area contributed by atoms with E-state index in [-0.39, 0.29) is 30.7 Å². The fourth-order valence-electron chi connectivity index (χ4n) is 3.80. The summed E-state index contributed by atoms with van der Waals surface area (Å²) >= 11 is 0. The monoisotopic (exact) mass is 455 g/mol. The van der Waals surface area contributed by atoms with Crippen molar-refractivity contribution in [2.24, 2.45) is 5.73 Å². The number of amides is 1. The third-order valence-electron chi connectivity index (χ3n) is 5.45. The summed E-state index contributed by atoms with van der Waals surface area (Å²) < 4.78 is 10.7.